The maximum absolute atomic E-state index is 13.0. The van der Waals surface area contributed by atoms with Crippen LogP contribution in [0.5, 0.6) is 0 Å². The summed E-state index contributed by atoms with van der Waals surface area (Å²) in [6, 6.07) is -6.04. The third kappa shape index (κ3) is 32.1. The zero-order chi connectivity index (χ0) is 53.0. The molecule has 2 unspecified atom stereocenters. The number of nitrogens with one attached hydrogen (secondary N) is 5. The van der Waals surface area contributed by atoms with Crippen LogP contribution >= 0.6 is 0 Å². The molecule has 1 rings (SSSR count). The van der Waals surface area contributed by atoms with Crippen LogP contribution in [-0.2, 0) is 52.7 Å². The Morgan fingerprint density at radius 3 is 1.06 bits per heavy atom. The summed E-state index contributed by atoms with van der Waals surface area (Å²) in [5.74, 6) is -10.1. The minimum Gasteiger partial charge on any atom is -0.481 e. The molecule has 1 aliphatic rings. The molecule has 0 saturated heterocycles. The molecule has 0 aromatic heterocycles. The highest BCUT2D eigenvalue weighted by atomic mass is 16.4. The lowest BCUT2D eigenvalue weighted by Crippen LogP contribution is -2.46. The first-order valence-electron chi connectivity index (χ1n) is 25.9. The summed E-state index contributed by atoms with van der Waals surface area (Å²) in [6.45, 7) is 2.11. The second kappa shape index (κ2) is 38.1. The quantitative estimate of drug-likeness (QED) is 0.0342. The fraction of sp³-hybridized carbons (Fsp3) is 0.780. The van der Waals surface area contributed by atoms with E-state index in [4.69, 9.17) is 5.11 Å². The topological polar surface area (TPSA) is 349 Å². The molecular formula is C50H83N5O16. The molecule has 4 atom stereocenters. The Labute approximate surface area is 417 Å². The number of carboxylic acids is 5. The fourth-order valence-corrected chi connectivity index (χ4v) is 8.44. The van der Waals surface area contributed by atoms with E-state index >= 15 is 0 Å². The molecule has 0 heterocycles. The van der Waals surface area contributed by atoms with E-state index in [-0.39, 0.29) is 49.7 Å². The van der Waals surface area contributed by atoms with E-state index in [0.717, 1.165) is 38.5 Å². The molecule has 71 heavy (non-hydrogen) atoms. The van der Waals surface area contributed by atoms with E-state index in [1.807, 2.05) is 0 Å². The van der Waals surface area contributed by atoms with Crippen LogP contribution in [0, 0.1) is 11.8 Å². The molecule has 1 saturated carbocycles. The molecule has 0 bridgehead atoms. The third-order valence-corrected chi connectivity index (χ3v) is 13.0. The van der Waals surface area contributed by atoms with Gasteiger partial charge in [-0.2, -0.15) is 0 Å². The van der Waals surface area contributed by atoms with Crippen LogP contribution < -0.4 is 26.6 Å². The Balaban J connectivity index is 2.31. The standard InChI is InChI=1S/C50H83N5O16/c1-2-36(56)25-26-37(47(64)65)52-42(58)30-27-38(48(66)67)53-43(59)31-28-39(49(68)69)54-44(60)32-29-40(50(70)71)55-46(63)35-23-21-34(22-24-35)33-51-41(57)19-17-15-13-11-9-7-5-3-4-6-8-10-12-14-16-18-20-45(61)62/h34-35,37-40H,2-33H2,1H3,(H,51,57)(H,52,58)(H,53,59)(H,54,60)(H,55,63)(H,61,62)(H,64,65)(H,66,67)(H,68,69)(H,70,71)/t34?,35?,37-,38?,39-,40?/m0/s1. The smallest absolute Gasteiger partial charge is 0.326 e. The lowest BCUT2D eigenvalue weighted by atomic mass is 9.81. The third-order valence-electron chi connectivity index (χ3n) is 13.0. The van der Waals surface area contributed by atoms with E-state index < -0.39 is 116 Å². The van der Waals surface area contributed by atoms with Gasteiger partial charge in [-0.25, -0.2) is 19.2 Å². The molecule has 0 aromatic rings. The molecule has 1 aliphatic carbocycles. The van der Waals surface area contributed by atoms with Gasteiger partial charge >= 0.3 is 29.8 Å². The summed E-state index contributed by atoms with van der Waals surface area (Å²) < 4.78 is 0. The van der Waals surface area contributed by atoms with E-state index in [1.54, 1.807) is 6.92 Å². The van der Waals surface area contributed by atoms with Gasteiger partial charge in [0.25, 0.3) is 0 Å². The number of amides is 5. The predicted octanol–water partition coefficient (Wildman–Crippen LogP) is 5.39. The van der Waals surface area contributed by atoms with E-state index in [1.165, 1.54) is 64.2 Å². The number of unbranched alkanes of at least 4 members (excludes halogenated alkanes) is 15. The number of rotatable bonds is 43. The minimum absolute atomic E-state index is 0.00621. The summed E-state index contributed by atoms with van der Waals surface area (Å²) in [5, 5.41) is 59.1. The average Bonchev–Trinajstić information content (AvgIpc) is 3.32. The molecule has 0 spiro atoms. The maximum atomic E-state index is 13.0. The molecular weight excluding hydrogens is 927 g/mol. The molecule has 10 N–H and O–H groups in total. The Morgan fingerprint density at radius 2 is 0.718 bits per heavy atom. The van der Waals surface area contributed by atoms with Gasteiger partial charge in [0.15, 0.2) is 0 Å². The van der Waals surface area contributed by atoms with E-state index in [0.29, 0.717) is 38.6 Å². The molecule has 404 valence electrons. The van der Waals surface area contributed by atoms with Crippen molar-refractivity contribution >= 4 is 65.2 Å². The number of hydrogen-bond donors (Lipinski definition) is 10. The lowest BCUT2D eigenvalue weighted by Gasteiger charge is -2.28. The first-order chi connectivity index (χ1) is 33.8. The van der Waals surface area contributed by atoms with Crippen LogP contribution in [-0.4, -0.2) is 121 Å². The summed E-state index contributed by atoms with van der Waals surface area (Å²) in [7, 11) is 0. The van der Waals surface area contributed by atoms with Crippen molar-refractivity contribution in [1.29, 1.82) is 0 Å². The Bertz CT molecular complexity index is 1700. The maximum Gasteiger partial charge on any atom is 0.326 e. The first-order valence-corrected chi connectivity index (χ1v) is 25.9. The van der Waals surface area contributed by atoms with Gasteiger partial charge in [-0.3, -0.25) is 33.6 Å². The highest BCUT2D eigenvalue weighted by molar-refractivity contribution is 5.89. The highest BCUT2D eigenvalue weighted by Crippen LogP contribution is 2.29. The average molecular weight is 1010 g/mol. The SMILES string of the molecule is CCC(=O)CC[C@H](NC(=O)CCC(NC(=O)CC[C@H](NC(=O)CCC(NC(=O)C1CCC(CNC(=O)CCCCCCCCCCCCCCCCCCC(=O)O)CC1)C(=O)O)C(=O)O)C(=O)O)C(=O)O. The number of Topliss-reactive ketones (excluding diaryl/α,β-unsaturated/α-hetero) is 1. The Morgan fingerprint density at radius 1 is 0.394 bits per heavy atom. The van der Waals surface area contributed by atoms with E-state index in [2.05, 4.69) is 26.6 Å². The Kier molecular flexibility index (Phi) is 34.0. The normalized spacial score (nSPS) is 16.0. The minimum atomic E-state index is -1.61. The largest absolute Gasteiger partial charge is 0.481 e. The van der Waals surface area contributed by atoms with Crippen LogP contribution in [0.25, 0.3) is 0 Å². The molecule has 0 radical (unpaired) electrons. The summed E-state index contributed by atoms with van der Waals surface area (Å²) in [4.78, 5) is 132. The number of hydrogen-bond acceptors (Lipinski definition) is 11. The van der Waals surface area contributed by atoms with E-state index in [9.17, 15) is 73.2 Å². The highest BCUT2D eigenvalue weighted by Gasteiger charge is 2.31. The van der Waals surface area contributed by atoms with Gasteiger partial charge in [0, 0.05) is 57.4 Å². The lowest BCUT2D eigenvalue weighted by molar-refractivity contribution is -0.144. The molecule has 21 heteroatoms. The zero-order valence-electron chi connectivity index (χ0n) is 41.8. The van der Waals surface area contributed by atoms with Crippen molar-refractivity contribution in [3.8, 4) is 0 Å². The van der Waals surface area contributed by atoms with Gasteiger partial charge in [0.2, 0.25) is 29.5 Å². The molecule has 5 amide bonds. The van der Waals surface area contributed by atoms with Crippen molar-refractivity contribution in [2.75, 3.05) is 6.54 Å². The van der Waals surface area contributed by atoms with Gasteiger partial charge in [0.05, 0.1) is 0 Å². The van der Waals surface area contributed by atoms with Crippen molar-refractivity contribution in [1.82, 2.24) is 26.6 Å². The van der Waals surface area contributed by atoms with Gasteiger partial charge in [-0.15, -0.1) is 0 Å². The second-order valence-corrected chi connectivity index (χ2v) is 18.9. The van der Waals surface area contributed by atoms with Crippen LogP contribution in [0.3, 0.4) is 0 Å². The molecule has 0 aromatic carbocycles. The number of ketones is 1. The van der Waals surface area contributed by atoms with Crippen molar-refractivity contribution < 1.29 is 78.3 Å². The van der Waals surface area contributed by atoms with Crippen LogP contribution in [0.2, 0.25) is 0 Å². The fourth-order valence-electron chi connectivity index (χ4n) is 8.44. The van der Waals surface area contributed by atoms with Gasteiger partial charge in [-0.1, -0.05) is 96.8 Å². The van der Waals surface area contributed by atoms with Crippen LogP contribution in [0.4, 0.5) is 0 Å². The summed E-state index contributed by atoms with van der Waals surface area (Å²) in [5.41, 5.74) is 0. The number of carbonyl (C=O) groups is 11. The van der Waals surface area contributed by atoms with Crippen molar-refractivity contribution in [3.63, 3.8) is 0 Å². The molecule has 21 nitrogen and oxygen atoms in total. The van der Waals surface area contributed by atoms with Crippen molar-refractivity contribution in [2.24, 2.45) is 11.8 Å². The van der Waals surface area contributed by atoms with Crippen molar-refractivity contribution in [2.45, 2.75) is 230 Å². The summed E-state index contributed by atoms with van der Waals surface area (Å²) >= 11 is 0. The van der Waals surface area contributed by atoms with Gasteiger partial charge in [0.1, 0.15) is 30.0 Å². The number of aliphatic carboxylic acids is 5. The summed E-state index contributed by atoms with van der Waals surface area (Å²) in [6.07, 6.45) is 18.4. The second-order valence-electron chi connectivity index (χ2n) is 18.9. The predicted molar refractivity (Wildman–Crippen MR) is 260 cm³/mol. The number of carboxylic acid groups (broad SMARTS) is 5. The van der Waals surface area contributed by atoms with Gasteiger partial charge in [-0.05, 0) is 70.1 Å². The van der Waals surface area contributed by atoms with Crippen LogP contribution in [0.15, 0.2) is 0 Å². The van der Waals surface area contributed by atoms with Gasteiger partial charge < -0.3 is 52.1 Å². The molecule has 0 aliphatic heterocycles. The first kappa shape index (κ1) is 63.4. The monoisotopic (exact) mass is 1010 g/mol. The van der Waals surface area contributed by atoms with Crippen LogP contribution in [0.1, 0.15) is 206 Å². The molecule has 1 fully saturated rings. The van der Waals surface area contributed by atoms with Crippen molar-refractivity contribution in [3.05, 3.63) is 0 Å². The zero-order valence-corrected chi connectivity index (χ0v) is 41.8. The Hall–Kier alpha value is -5.63. The number of carbonyl (C=O) groups excluding carboxylic acids is 6.